The van der Waals surface area contributed by atoms with E-state index in [0.29, 0.717) is 4.47 Å². The van der Waals surface area contributed by atoms with Gasteiger partial charge in [0.1, 0.15) is 5.56 Å². The van der Waals surface area contributed by atoms with Gasteiger partial charge in [0.05, 0.1) is 5.02 Å². The Kier molecular flexibility index (Phi) is 3.96. The van der Waals surface area contributed by atoms with Crippen molar-refractivity contribution in [3.63, 3.8) is 0 Å². The maximum Gasteiger partial charge on any atom is 0.330 e. The number of hydrogen-bond donors (Lipinski definition) is 0. The first kappa shape index (κ1) is 14.7. The van der Waals surface area contributed by atoms with Gasteiger partial charge >= 0.3 is 5.69 Å². The number of rotatable bonds is 2. The number of aromatic nitrogens is 2. The molecule has 20 heavy (non-hydrogen) atoms. The van der Waals surface area contributed by atoms with E-state index in [0.717, 1.165) is 4.57 Å². The molecule has 104 valence electrons. The molecule has 1 aromatic carbocycles. The topological polar surface area (TPSA) is 61.1 Å². The third-order valence-electron chi connectivity index (χ3n) is 2.89. The minimum Gasteiger partial charge on any atom is -0.303 e. The van der Waals surface area contributed by atoms with Crippen LogP contribution in [0.3, 0.4) is 0 Å². The van der Waals surface area contributed by atoms with Gasteiger partial charge in [-0.05, 0) is 28.1 Å². The van der Waals surface area contributed by atoms with Gasteiger partial charge in [0, 0.05) is 30.3 Å². The van der Waals surface area contributed by atoms with Crippen molar-refractivity contribution in [2.24, 2.45) is 14.1 Å². The molecule has 0 unspecified atom stereocenters. The Morgan fingerprint density at radius 2 is 1.85 bits per heavy atom. The molecule has 0 saturated heterocycles. The lowest BCUT2D eigenvalue weighted by Crippen LogP contribution is -2.39. The zero-order valence-electron chi connectivity index (χ0n) is 10.7. The summed E-state index contributed by atoms with van der Waals surface area (Å²) >= 11 is 9.28. The Bertz CT molecular complexity index is 823. The Balaban J connectivity index is 2.70. The molecule has 7 heteroatoms. The van der Waals surface area contributed by atoms with E-state index in [9.17, 15) is 14.4 Å². The van der Waals surface area contributed by atoms with E-state index in [1.165, 1.54) is 30.9 Å². The largest absolute Gasteiger partial charge is 0.330 e. The summed E-state index contributed by atoms with van der Waals surface area (Å²) in [6.45, 7) is 0. The molecule has 2 aromatic rings. The number of ketones is 1. The van der Waals surface area contributed by atoms with E-state index < -0.39 is 17.0 Å². The van der Waals surface area contributed by atoms with Crippen LogP contribution in [0, 0.1) is 0 Å². The van der Waals surface area contributed by atoms with E-state index in [2.05, 4.69) is 15.9 Å². The summed E-state index contributed by atoms with van der Waals surface area (Å²) in [6, 6.07) is 4.87. The fourth-order valence-corrected chi connectivity index (χ4v) is 2.37. The fourth-order valence-electron chi connectivity index (χ4n) is 1.79. The third kappa shape index (κ3) is 2.36. The van der Waals surface area contributed by atoms with Crippen LogP contribution in [0.2, 0.25) is 5.02 Å². The molecule has 0 aliphatic heterocycles. The van der Waals surface area contributed by atoms with Crippen molar-refractivity contribution in [3.8, 4) is 0 Å². The average Bonchev–Trinajstić information content (AvgIpc) is 2.43. The SMILES string of the molecule is Cn1cc(C(=O)c2cccc(Br)c2Cl)c(=O)n(C)c1=O. The highest BCUT2D eigenvalue weighted by atomic mass is 79.9. The first-order valence-electron chi connectivity index (χ1n) is 5.60. The van der Waals surface area contributed by atoms with Crippen LogP contribution in [0.5, 0.6) is 0 Å². The molecular weight excluding hydrogens is 348 g/mol. The lowest BCUT2D eigenvalue weighted by atomic mass is 10.1. The average molecular weight is 358 g/mol. The second-order valence-corrected chi connectivity index (χ2v) is 5.46. The molecule has 1 aromatic heterocycles. The summed E-state index contributed by atoms with van der Waals surface area (Å²) in [5.74, 6) is -0.521. The van der Waals surface area contributed by atoms with Gasteiger partial charge in [-0.25, -0.2) is 4.79 Å². The predicted octanol–water partition coefficient (Wildman–Crippen LogP) is 1.73. The number of carbonyl (C=O) groups is 1. The van der Waals surface area contributed by atoms with Crippen LogP contribution < -0.4 is 11.2 Å². The predicted molar refractivity (Wildman–Crippen MR) is 79.5 cm³/mol. The van der Waals surface area contributed by atoms with Crippen LogP contribution in [0.15, 0.2) is 38.5 Å². The molecule has 0 spiro atoms. The van der Waals surface area contributed by atoms with Crippen molar-refractivity contribution in [2.75, 3.05) is 0 Å². The zero-order chi connectivity index (χ0) is 15.0. The van der Waals surface area contributed by atoms with Crippen LogP contribution in [0.25, 0.3) is 0 Å². The van der Waals surface area contributed by atoms with Gasteiger partial charge in [-0.2, -0.15) is 0 Å². The van der Waals surface area contributed by atoms with Crippen LogP contribution in [0.1, 0.15) is 15.9 Å². The van der Waals surface area contributed by atoms with E-state index in [4.69, 9.17) is 11.6 Å². The van der Waals surface area contributed by atoms with Gasteiger partial charge in [0.15, 0.2) is 0 Å². The molecule has 5 nitrogen and oxygen atoms in total. The summed E-state index contributed by atoms with van der Waals surface area (Å²) in [4.78, 5) is 36.1. The van der Waals surface area contributed by atoms with Gasteiger partial charge in [-0.15, -0.1) is 0 Å². The fraction of sp³-hybridized carbons (Fsp3) is 0.154. The molecule has 0 atom stereocenters. The first-order chi connectivity index (χ1) is 9.34. The summed E-state index contributed by atoms with van der Waals surface area (Å²) in [7, 11) is 2.80. The van der Waals surface area contributed by atoms with Gasteiger partial charge in [0.25, 0.3) is 5.56 Å². The Labute approximate surface area is 127 Å². The number of hydrogen-bond acceptors (Lipinski definition) is 3. The van der Waals surface area contributed by atoms with Gasteiger partial charge in [0.2, 0.25) is 5.78 Å². The molecule has 0 radical (unpaired) electrons. The molecule has 0 amide bonds. The molecule has 0 saturated carbocycles. The molecule has 0 bridgehead atoms. The van der Waals surface area contributed by atoms with Gasteiger partial charge in [-0.1, -0.05) is 17.7 Å². The minimum atomic E-state index is -0.644. The smallest absolute Gasteiger partial charge is 0.303 e. The van der Waals surface area contributed by atoms with Crippen LogP contribution in [-0.2, 0) is 14.1 Å². The summed E-state index contributed by atoms with van der Waals surface area (Å²) in [6.07, 6.45) is 1.23. The number of benzene rings is 1. The summed E-state index contributed by atoms with van der Waals surface area (Å²) in [5.41, 5.74) is -1.03. The van der Waals surface area contributed by atoms with E-state index >= 15 is 0 Å². The highest BCUT2D eigenvalue weighted by molar-refractivity contribution is 9.10. The Hall–Kier alpha value is -1.66. The number of aryl methyl sites for hydroxylation is 1. The van der Waals surface area contributed by atoms with Crippen molar-refractivity contribution >= 4 is 33.3 Å². The molecule has 0 fully saturated rings. The molecule has 0 aliphatic carbocycles. The summed E-state index contributed by atoms with van der Waals surface area (Å²) < 4.78 is 2.63. The molecular formula is C13H10BrClN2O3. The molecule has 0 N–H and O–H groups in total. The first-order valence-corrected chi connectivity index (χ1v) is 6.77. The van der Waals surface area contributed by atoms with Crippen molar-refractivity contribution in [2.45, 2.75) is 0 Å². The number of halogens is 2. The van der Waals surface area contributed by atoms with Crippen molar-refractivity contribution in [1.82, 2.24) is 9.13 Å². The second-order valence-electron chi connectivity index (χ2n) is 4.23. The highest BCUT2D eigenvalue weighted by Crippen LogP contribution is 2.27. The van der Waals surface area contributed by atoms with E-state index in [1.807, 2.05) is 0 Å². The maximum absolute atomic E-state index is 12.4. The normalized spacial score (nSPS) is 10.6. The van der Waals surface area contributed by atoms with Crippen molar-refractivity contribution in [1.29, 1.82) is 0 Å². The minimum absolute atomic E-state index is 0.102. The summed E-state index contributed by atoms with van der Waals surface area (Å²) in [5, 5.41) is 0.230. The van der Waals surface area contributed by atoms with Crippen molar-refractivity contribution < 1.29 is 4.79 Å². The monoisotopic (exact) mass is 356 g/mol. The van der Waals surface area contributed by atoms with Crippen LogP contribution in [-0.4, -0.2) is 14.9 Å². The maximum atomic E-state index is 12.4. The van der Waals surface area contributed by atoms with Crippen LogP contribution in [0.4, 0.5) is 0 Å². The second kappa shape index (κ2) is 5.38. The van der Waals surface area contributed by atoms with Gasteiger partial charge < -0.3 is 4.57 Å². The lowest BCUT2D eigenvalue weighted by Gasteiger charge is -2.08. The van der Waals surface area contributed by atoms with Crippen LogP contribution >= 0.6 is 27.5 Å². The third-order valence-corrected chi connectivity index (χ3v) is 4.18. The molecule has 0 aliphatic rings. The van der Waals surface area contributed by atoms with E-state index in [1.54, 1.807) is 12.1 Å². The van der Waals surface area contributed by atoms with Crippen molar-refractivity contribution in [3.05, 3.63) is 65.9 Å². The molecule has 1 heterocycles. The zero-order valence-corrected chi connectivity index (χ0v) is 13.0. The Morgan fingerprint density at radius 1 is 1.20 bits per heavy atom. The van der Waals surface area contributed by atoms with E-state index in [-0.39, 0.29) is 16.1 Å². The highest BCUT2D eigenvalue weighted by Gasteiger charge is 2.19. The quantitative estimate of drug-likeness (QED) is 0.769. The lowest BCUT2D eigenvalue weighted by molar-refractivity contribution is 0.103. The number of carbonyl (C=O) groups excluding carboxylic acids is 1. The standard InChI is InChI=1S/C13H10BrClN2O3/c1-16-6-8(12(19)17(2)13(16)20)11(18)7-4-3-5-9(14)10(7)15/h3-6H,1-2H3. The Morgan fingerprint density at radius 3 is 2.50 bits per heavy atom. The van der Waals surface area contributed by atoms with Gasteiger partial charge in [-0.3, -0.25) is 14.2 Å². The number of nitrogens with zero attached hydrogens (tertiary/aromatic N) is 2. The molecule has 2 rings (SSSR count).